The van der Waals surface area contributed by atoms with Crippen LogP contribution in [-0.2, 0) is 9.53 Å². The molecule has 0 bridgehead atoms. The van der Waals surface area contributed by atoms with Crippen molar-refractivity contribution in [1.82, 2.24) is 9.78 Å². The molecule has 7 heteroatoms. The first-order valence-corrected chi connectivity index (χ1v) is 8.41. The van der Waals surface area contributed by atoms with E-state index in [0.717, 1.165) is 28.2 Å². The van der Waals surface area contributed by atoms with Crippen molar-refractivity contribution < 1.29 is 19.4 Å². The maximum Gasteiger partial charge on any atom is 0.328 e. The number of benzene rings is 1. The number of hydrogen-bond acceptors (Lipinski definition) is 4. The molecule has 0 spiro atoms. The number of aromatic nitrogens is 2. The fraction of sp³-hybridized carbons (Fsp3) is 0.500. The molecule has 1 unspecified atom stereocenters. The molecule has 23 heavy (non-hydrogen) atoms. The predicted molar refractivity (Wildman–Crippen MR) is 88.8 cm³/mol. The lowest BCUT2D eigenvalue weighted by molar-refractivity contribution is -0.142. The molecule has 0 aliphatic carbocycles. The molecule has 0 amide bonds. The fourth-order valence-corrected chi connectivity index (χ4v) is 3.68. The first kappa shape index (κ1) is 16.3. The summed E-state index contributed by atoms with van der Waals surface area (Å²) in [6.07, 6.45) is 4.06. The quantitative estimate of drug-likeness (QED) is 0.858. The molecule has 1 aromatic carbocycles. The zero-order valence-corrected chi connectivity index (χ0v) is 14.5. The minimum atomic E-state index is -0.853. The van der Waals surface area contributed by atoms with Gasteiger partial charge >= 0.3 is 5.97 Å². The second kappa shape index (κ2) is 6.88. The number of rotatable bonds is 5. The molecule has 1 saturated heterocycles. The van der Waals surface area contributed by atoms with E-state index in [1.165, 1.54) is 0 Å². The van der Waals surface area contributed by atoms with E-state index in [2.05, 4.69) is 21.0 Å². The Balaban J connectivity index is 1.95. The Hall–Kier alpha value is -1.60. The van der Waals surface area contributed by atoms with Crippen molar-refractivity contribution in [2.24, 2.45) is 5.92 Å². The van der Waals surface area contributed by atoms with Gasteiger partial charge in [0.2, 0.25) is 0 Å². The Morgan fingerprint density at radius 2 is 2.26 bits per heavy atom. The van der Waals surface area contributed by atoms with Crippen LogP contribution in [0.4, 0.5) is 0 Å². The summed E-state index contributed by atoms with van der Waals surface area (Å²) in [4.78, 5) is 11.8. The van der Waals surface area contributed by atoms with E-state index in [1.807, 2.05) is 12.1 Å². The van der Waals surface area contributed by atoms with Crippen LogP contribution in [0.2, 0.25) is 0 Å². The molecule has 1 fully saturated rings. The average molecular weight is 383 g/mol. The van der Waals surface area contributed by atoms with Crippen LogP contribution in [0, 0.1) is 5.92 Å². The van der Waals surface area contributed by atoms with Crippen LogP contribution in [-0.4, -0.2) is 41.2 Å². The van der Waals surface area contributed by atoms with Crippen LogP contribution in [0.5, 0.6) is 5.75 Å². The molecule has 0 saturated carbocycles. The minimum absolute atomic E-state index is 0.353. The number of methoxy groups -OCH3 is 1. The van der Waals surface area contributed by atoms with Crippen LogP contribution in [0.15, 0.2) is 22.8 Å². The van der Waals surface area contributed by atoms with Crippen molar-refractivity contribution >= 4 is 32.8 Å². The lowest BCUT2D eigenvalue weighted by Gasteiger charge is -2.25. The number of carboxylic acid groups (broad SMARTS) is 1. The van der Waals surface area contributed by atoms with Crippen molar-refractivity contribution in [2.45, 2.75) is 25.3 Å². The average Bonchev–Trinajstić information content (AvgIpc) is 2.98. The number of halogens is 1. The van der Waals surface area contributed by atoms with Crippen molar-refractivity contribution in [3.63, 3.8) is 0 Å². The molecule has 6 nitrogen and oxygen atoms in total. The SMILES string of the molecule is COc1ccc2c(cnn2C(CC2CCOCC2)C(=O)O)c1Br. The summed E-state index contributed by atoms with van der Waals surface area (Å²) < 4.78 is 13.0. The highest BCUT2D eigenvalue weighted by Gasteiger charge is 2.28. The van der Waals surface area contributed by atoms with Gasteiger partial charge in [0.05, 0.1) is 23.3 Å². The van der Waals surface area contributed by atoms with Crippen molar-refractivity contribution in [2.75, 3.05) is 20.3 Å². The van der Waals surface area contributed by atoms with Crippen molar-refractivity contribution in [3.05, 3.63) is 22.8 Å². The number of ether oxygens (including phenoxy) is 2. The fourth-order valence-electron chi connectivity index (χ4n) is 3.08. The third-order valence-electron chi connectivity index (χ3n) is 4.38. The third kappa shape index (κ3) is 3.21. The molecule has 3 rings (SSSR count). The second-order valence-electron chi connectivity index (χ2n) is 5.75. The summed E-state index contributed by atoms with van der Waals surface area (Å²) in [5, 5.41) is 14.9. The monoisotopic (exact) mass is 382 g/mol. The van der Waals surface area contributed by atoms with Gasteiger partial charge in [-0.1, -0.05) is 0 Å². The lowest BCUT2D eigenvalue weighted by atomic mass is 9.92. The summed E-state index contributed by atoms with van der Waals surface area (Å²) in [7, 11) is 1.60. The van der Waals surface area contributed by atoms with E-state index in [1.54, 1.807) is 18.0 Å². The summed E-state index contributed by atoms with van der Waals surface area (Å²) in [5.41, 5.74) is 0.789. The number of aliphatic carboxylic acids is 1. The van der Waals surface area contributed by atoms with Gasteiger partial charge in [-0.25, -0.2) is 4.79 Å². The Kier molecular flexibility index (Phi) is 4.87. The van der Waals surface area contributed by atoms with Gasteiger partial charge in [0.15, 0.2) is 0 Å². The van der Waals surface area contributed by atoms with E-state index in [0.29, 0.717) is 31.3 Å². The number of nitrogens with zero attached hydrogens (tertiary/aromatic N) is 2. The van der Waals surface area contributed by atoms with E-state index < -0.39 is 12.0 Å². The highest BCUT2D eigenvalue weighted by atomic mass is 79.9. The first-order chi connectivity index (χ1) is 11.1. The Labute approximate surface area is 142 Å². The molecule has 2 heterocycles. The summed E-state index contributed by atoms with van der Waals surface area (Å²) in [5.74, 6) is 0.201. The molecule has 1 aliphatic heterocycles. The number of carboxylic acids is 1. The van der Waals surface area contributed by atoms with Gasteiger partial charge in [0, 0.05) is 18.6 Å². The zero-order valence-electron chi connectivity index (χ0n) is 12.9. The number of carbonyl (C=O) groups is 1. The molecular formula is C16H19BrN2O4. The molecule has 124 valence electrons. The van der Waals surface area contributed by atoms with Gasteiger partial charge in [0.1, 0.15) is 11.8 Å². The number of hydrogen-bond donors (Lipinski definition) is 1. The molecular weight excluding hydrogens is 364 g/mol. The maximum absolute atomic E-state index is 11.8. The van der Waals surface area contributed by atoms with Gasteiger partial charge in [0.25, 0.3) is 0 Å². The number of fused-ring (bicyclic) bond motifs is 1. The van der Waals surface area contributed by atoms with E-state index in [4.69, 9.17) is 9.47 Å². The van der Waals surface area contributed by atoms with E-state index in [9.17, 15) is 9.90 Å². The third-order valence-corrected chi connectivity index (χ3v) is 5.20. The van der Waals surface area contributed by atoms with Gasteiger partial charge in [-0.15, -0.1) is 0 Å². The molecule has 1 N–H and O–H groups in total. The lowest BCUT2D eigenvalue weighted by Crippen LogP contribution is -2.26. The highest BCUT2D eigenvalue weighted by molar-refractivity contribution is 9.10. The van der Waals surface area contributed by atoms with Gasteiger partial charge < -0.3 is 14.6 Å². The summed E-state index contributed by atoms with van der Waals surface area (Å²) in [6.45, 7) is 1.42. The normalized spacial score (nSPS) is 17.3. The minimum Gasteiger partial charge on any atom is -0.496 e. The smallest absolute Gasteiger partial charge is 0.328 e. The molecule has 2 aromatic rings. The van der Waals surface area contributed by atoms with Gasteiger partial charge in [-0.3, -0.25) is 4.68 Å². The molecule has 1 atom stereocenters. The van der Waals surface area contributed by atoms with Crippen LogP contribution in [0.1, 0.15) is 25.3 Å². The van der Waals surface area contributed by atoms with Crippen LogP contribution < -0.4 is 4.74 Å². The maximum atomic E-state index is 11.8. The van der Waals surface area contributed by atoms with Crippen molar-refractivity contribution in [1.29, 1.82) is 0 Å². The van der Waals surface area contributed by atoms with Crippen LogP contribution >= 0.6 is 15.9 Å². The Bertz CT molecular complexity index is 709. The Morgan fingerprint density at radius 1 is 1.52 bits per heavy atom. The predicted octanol–water partition coefficient (Wildman–Crippen LogP) is 3.25. The van der Waals surface area contributed by atoms with Crippen molar-refractivity contribution in [3.8, 4) is 5.75 Å². The van der Waals surface area contributed by atoms with Gasteiger partial charge in [-0.05, 0) is 53.2 Å². The molecule has 0 radical (unpaired) electrons. The van der Waals surface area contributed by atoms with Crippen LogP contribution in [0.25, 0.3) is 10.9 Å². The van der Waals surface area contributed by atoms with E-state index in [-0.39, 0.29) is 0 Å². The van der Waals surface area contributed by atoms with E-state index >= 15 is 0 Å². The highest BCUT2D eigenvalue weighted by Crippen LogP contribution is 2.35. The molecule has 1 aliphatic rings. The van der Waals surface area contributed by atoms with Crippen LogP contribution in [0.3, 0.4) is 0 Å². The largest absolute Gasteiger partial charge is 0.496 e. The topological polar surface area (TPSA) is 73.6 Å². The Morgan fingerprint density at radius 3 is 2.91 bits per heavy atom. The summed E-state index contributed by atoms with van der Waals surface area (Å²) >= 11 is 3.50. The zero-order chi connectivity index (χ0) is 16.4. The molecule has 1 aromatic heterocycles. The van der Waals surface area contributed by atoms with Gasteiger partial charge in [-0.2, -0.15) is 5.10 Å². The standard InChI is InChI=1S/C16H19BrN2O4/c1-22-14-3-2-12-11(15(14)17)9-18-19(12)13(16(20)21)8-10-4-6-23-7-5-10/h2-3,9-10,13H,4-8H2,1H3,(H,20,21). The first-order valence-electron chi connectivity index (χ1n) is 7.62. The summed E-state index contributed by atoms with van der Waals surface area (Å²) in [6, 6.07) is 3.00. The second-order valence-corrected chi connectivity index (χ2v) is 6.54.